The zero-order valence-corrected chi connectivity index (χ0v) is 7.26. The van der Waals surface area contributed by atoms with Gasteiger partial charge in [-0.25, -0.2) is 0 Å². The summed E-state index contributed by atoms with van der Waals surface area (Å²) in [5, 5.41) is 8.46. The number of nitriles is 1. The van der Waals surface area contributed by atoms with Crippen molar-refractivity contribution in [3.05, 3.63) is 0 Å². The summed E-state index contributed by atoms with van der Waals surface area (Å²) in [5.74, 6) is 0.564. The summed E-state index contributed by atoms with van der Waals surface area (Å²) in [6.07, 6.45) is 0.630. The third kappa shape index (κ3) is 2.84. The van der Waals surface area contributed by atoms with Crippen LogP contribution >= 0.6 is 0 Å². The van der Waals surface area contributed by atoms with E-state index in [0.717, 1.165) is 0 Å². The fourth-order valence-electron chi connectivity index (χ4n) is 1.11. The first-order chi connectivity index (χ1) is 4.59. The second-order valence-corrected chi connectivity index (χ2v) is 3.14. The molecule has 1 atom stereocenters. The summed E-state index contributed by atoms with van der Waals surface area (Å²) in [7, 11) is 4.03. The summed E-state index contributed by atoms with van der Waals surface area (Å²) in [4.78, 5) is 2.11. The van der Waals surface area contributed by atoms with Crippen molar-refractivity contribution in [1.82, 2.24) is 4.90 Å². The maximum absolute atomic E-state index is 8.46. The minimum Gasteiger partial charge on any atom is -0.305 e. The molecule has 0 spiro atoms. The lowest BCUT2D eigenvalue weighted by Gasteiger charge is -2.25. The molecule has 0 saturated heterocycles. The average Bonchev–Trinajstić information content (AvgIpc) is 1.81. The molecule has 0 aromatic rings. The Kier molecular flexibility index (Phi) is 4.06. The van der Waals surface area contributed by atoms with E-state index in [2.05, 4.69) is 24.8 Å². The van der Waals surface area contributed by atoms with E-state index in [-0.39, 0.29) is 0 Å². The molecule has 0 saturated carbocycles. The summed E-state index contributed by atoms with van der Waals surface area (Å²) in [5.41, 5.74) is 0. The fourth-order valence-corrected chi connectivity index (χ4v) is 1.11. The summed E-state index contributed by atoms with van der Waals surface area (Å²) < 4.78 is 0. The lowest BCUT2D eigenvalue weighted by molar-refractivity contribution is 0.235. The maximum Gasteiger partial charge on any atom is 0.0638 e. The Bertz CT molecular complexity index is 114. The average molecular weight is 140 g/mol. The van der Waals surface area contributed by atoms with Crippen molar-refractivity contribution in [2.45, 2.75) is 26.3 Å². The minimum absolute atomic E-state index is 0.407. The smallest absolute Gasteiger partial charge is 0.0638 e. The zero-order valence-electron chi connectivity index (χ0n) is 7.26. The second-order valence-electron chi connectivity index (χ2n) is 3.14. The molecule has 0 aliphatic rings. The highest BCUT2D eigenvalue weighted by Gasteiger charge is 2.14. The summed E-state index contributed by atoms with van der Waals surface area (Å²) in [6.45, 7) is 4.28. The van der Waals surface area contributed by atoms with Crippen molar-refractivity contribution >= 4 is 0 Å². The molecular formula is C8H16N2. The normalized spacial score (nSPS) is 13.7. The highest BCUT2D eigenvalue weighted by atomic mass is 15.1. The highest BCUT2D eigenvalue weighted by molar-refractivity contribution is 4.82. The van der Waals surface area contributed by atoms with Gasteiger partial charge in [0.1, 0.15) is 0 Å². The topological polar surface area (TPSA) is 27.0 Å². The Hall–Kier alpha value is -0.550. The van der Waals surface area contributed by atoms with Gasteiger partial charge in [-0.1, -0.05) is 13.8 Å². The van der Waals surface area contributed by atoms with E-state index in [4.69, 9.17) is 5.26 Å². The monoisotopic (exact) mass is 140 g/mol. The number of hydrogen-bond donors (Lipinski definition) is 0. The largest absolute Gasteiger partial charge is 0.305 e. The molecule has 0 rings (SSSR count). The molecule has 0 radical (unpaired) electrons. The van der Waals surface area contributed by atoms with Crippen LogP contribution < -0.4 is 0 Å². The van der Waals surface area contributed by atoms with Crippen molar-refractivity contribution in [2.24, 2.45) is 5.92 Å². The van der Waals surface area contributed by atoms with E-state index in [1.54, 1.807) is 0 Å². The second kappa shape index (κ2) is 4.29. The SMILES string of the molecule is CC(C)C(CC#N)N(C)C. The third-order valence-electron chi connectivity index (χ3n) is 1.73. The molecule has 10 heavy (non-hydrogen) atoms. The van der Waals surface area contributed by atoms with E-state index in [1.807, 2.05) is 14.1 Å². The molecule has 0 N–H and O–H groups in total. The van der Waals surface area contributed by atoms with Crippen molar-refractivity contribution in [2.75, 3.05) is 14.1 Å². The van der Waals surface area contributed by atoms with Crippen molar-refractivity contribution in [3.8, 4) is 6.07 Å². The summed E-state index contributed by atoms with van der Waals surface area (Å²) in [6, 6.07) is 2.60. The van der Waals surface area contributed by atoms with Gasteiger partial charge in [0.15, 0.2) is 0 Å². The Morgan fingerprint density at radius 3 is 2.00 bits per heavy atom. The maximum atomic E-state index is 8.46. The van der Waals surface area contributed by atoms with E-state index in [9.17, 15) is 0 Å². The van der Waals surface area contributed by atoms with Gasteiger partial charge in [0.25, 0.3) is 0 Å². The predicted octanol–water partition coefficient (Wildman–Crippen LogP) is 1.49. The number of nitrogens with zero attached hydrogens (tertiary/aromatic N) is 2. The molecule has 0 aromatic heterocycles. The molecule has 0 bridgehead atoms. The van der Waals surface area contributed by atoms with Crippen molar-refractivity contribution < 1.29 is 0 Å². The first-order valence-electron chi connectivity index (χ1n) is 3.63. The third-order valence-corrected chi connectivity index (χ3v) is 1.73. The van der Waals surface area contributed by atoms with Gasteiger partial charge in [-0.3, -0.25) is 0 Å². The van der Waals surface area contributed by atoms with Gasteiger partial charge in [0.05, 0.1) is 12.5 Å². The molecule has 58 valence electrons. The van der Waals surface area contributed by atoms with Crippen LogP contribution in [-0.2, 0) is 0 Å². The van der Waals surface area contributed by atoms with Crippen LogP contribution in [0.15, 0.2) is 0 Å². The molecular weight excluding hydrogens is 124 g/mol. The quantitative estimate of drug-likeness (QED) is 0.593. The zero-order chi connectivity index (χ0) is 8.15. The van der Waals surface area contributed by atoms with Gasteiger partial charge in [0, 0.05) is 6.04 Å². The van der Waals surface area contributed by atoms with E-state index in [0.29, 0.717) is 18.4 Å². The van der Waals surface area contributed by atoms with E-state index in [1.165, 1.54) is 0 Å². The van der Waals surface area contributed by atoms with Gasteiger partial charge in [-0.2, -0.15) is 5.26 Å². The van der Waals surface area contributed by atoms with Crippen LogP contribution in [0.5, 0.6) is 0 Å². The number of rotatable bonds is 3. The molecule has 0 fully saturated rings. The van der Waals surface area contributed by atoms with Crippen LogP contribution in [0.4, 0.5) is 0 Å². The first kappa shape index (κ1) is 9.45. The highest BCUT2D eigenvalue weighted by Crippen LogP contribution is 2.09. The van der Waals surface area contributed by atoms with Gasteiger partial charge in [-0.15, -0.1) is 0 Å². The predicted molar refractivity (Wildman–Crippen MR) is 42.5 cm³/mol. The van der Waals surface area contributed by atoms with Gasteiger partial charge in [0.2, 0.25) is 0 Å². The molecule has 0 aliphatic heterocycles. The van der Waals surface area contributed by atoms with Crippen LogP contribution in [0.1, 0.15) is 20.3 Å². The molecule has 0 aliphatic carbocycles. The lowest BCUT2D eigenvalue weighted by Crippen LogP contribution is -2.32. The van der Waals surface area contributed by atoms with Crippen LogP contribution in [0.25, 0.3) is 0 Å². The Morgan fingerprint density at radius 1 is 1.40 bits per heavy atom. The Balaban J connectivity index is 3.88. The van der Waals surface area contributed by atoms with Crippen molar-refractivity contribution in [3.63, 3.8) is 0 Å². The molecule has 1 unspecified atom stereocenters. The Labute approximate surface area is 63.4 Å². The minimum atomic E-state index is 0.407. The van der Waals surface area contributed by atoms with Crippen LogP contribution in [0.2, 0.25) is 0 Å². The standard InChI is InChI=1S/C8H16N2/c1-7(2)8(5-6-9)10(3)4/h7-8H,5H2,1-4H3. The van der Waals surface area contributed by atoms with Crippen molar-refractivity contribution in [1.29, 1.82) is 5.26 Å². The molecule has 0 heterocycles. The van der Waals surface area contributed by atoms with E-state index < -0.39 is 0 Å². The van der Waals surface area contributed by atoms with Crippen LogP contribution in [0, 0.1) is 17.2 Å². The fraction of sp³-hybridized carbons (Fsp3) is 0.875. The van der Waals surface area contributed by atoms with E-state index >= 15 is 0 Å². The van der Waals surface area contributed by atoms with Gasteiger partial charge >= 0.3 is 0 Å². The lowest BCUT2D eigenvalue weighted by atomic mass is 10.0. The first-order valence-corrected chi connectivity index (χ1v) is 3.63. The summed E-state index contributed by atoms with van der Waals surface area (Å²) >= 11 is 0. The molecule has 2 nitrogen and oxygen atoms in total. The molecule has 0 amide bonds. The molecule has 2 heteroatoms. The van der Waals surface area contributed by atoms with Gasteiger partial charge < -0.3 is 4.90 Å². The van der Waals surface area contributed by atoms with Crippen LogP contribution in [-0.4, -0.2) is 25.0 Å². The number of hydrogen-bond acceptors (Lipinski definition) is 2. The Morgan fingerprint density at radius 2 is 1.90 bits per heavy atom. The molecule has 0 aromatic carbocycles. The van der Waals surface area contributed by atoms with Crippen LogP contribution in [0.3, 0.4) is 0 Å². The van der Waals surface area contributed by atoms with Gasteiger partial charge in [-0.05, 0) is 20.0 Å².